The lowest BCUT2D eigenvalue weighted by molar-refractivity contribution is 0.0896. The van der Waals surface area contributed by atoms with Crippen LogP contribution in [0.3, 0.4) is 0 Å². The van der Waals surface area contributed by atoms with E-state index in [0.29, 0.717) is 5.78 Å². The SMILES string of the molecule is Cc1ccc(C(=O)C2CC3CCCC(C2)S3)cc1C. The van der Waals surface area contributed by atoms with Crippen molar-refractivity contribution in [2.75, 3.05) is 0 Å². The van der Waals surface area contributed by atoms with Gasteiger partial charge in [0, 0.05) is 22.0 Å². The number of fused-ring (bicyclic) bond motifs is 2. The maximum atomic E-state index is 12.7. The summed E-state index contributed by atoms with van der Waals surface area (Å²) in [6.07, 6.45) is 6.21. The van der Waals surface area contributed by atoms with Crippen molar-refractivity contribution < 1.29 is 4.79 Å². The number of thioether (sulfide) groups is 1. The monoisotopic (exact) mass is 274 g/mol. The maximum Gasteiger partial charge on any atom is 0.166 e. The molecule has 2 bridgehead atoms. The van der Waals surface area contributed by atoms with Crippen LogP contribution in [0.15, 0.2) is 18.2 Å². The predicted molar refractivity (Wildman–Crippen MR) is 82.0 cm³/mol. The summed E-state index contributed by atoms with van der Waals surface area (Å²) in [5.41, 5.74) is 3.43. The standard InChI is InChI=1S/C17H22OS/c1-11-6-7-13(8-12(11)2)17(18)14-9-15-4-3-5-16(10-14)19-15/h6-8,14-16H,3-5,9-10H2,1-2H3. The lowest BCUT2D eigenvalue weighted by Gasteiger charge is -2.38. The van der Waals surface area contributed by atoms with Crippen LogP contribution in [0.5, 0.6) is 0 Å². The van der Waals surface area contributed by atoms with E-state index in [0.717, 1.165) is 28.9 Å². The average molecular weight is 274 g/mol. The Morgan fingerprint density at radius 2 is 1.79 bits per heavy atom. The molecule has 2 fully saturated rings. The molecule has 0 aromatic heterocycles. The Labute approximate surface area is 120 Å². The Balaban J connectivity index is 1.78. The first-order chi connectivity index (χ1) is 9.13. The average Bonchev–Trinajstić information content (AvgIpc) is 2.40. The summed E-state index contributed by atoms with van der Waals surface area (Å²) >= 11 is 2.14. The zero-order chi connectivity index (χ0) is 13.4. The van der Waals surface area contributed by atoms with Gasteiger partial charge in [-0.3, -0.25) is 4.79 Å². The largest absolute Gasteiger partial charge is 0.294 e. The van der Waals surface area contributed by atoms with Gasteiger partial charge in [0.25, 0.3) is 0 Å². The number of carbonyl (C=O) groups excluding carboxylic acids is 1. The van der Waals surface area contributed by atoms with E-state index in [4.69, 9.17) is 0 Å². The van der Waals surface area contributed by atoms with E-state index >= 15 is 0 Å². The third kappa shape index (κ3) is 2.74. The van der Waals surface area contributed by atoms with E-state index in [1.807, 2.05) is 6.07 Å². The number of carbonyl (C=O) groups is 1. The molecule has 0 spiro atoms. The van der Waals surface area contributed by atoms with Crippen molar-refractivity contribution in [2.24, 2.45) is 5.92 Å². The van der Waals surface area contributed by atoms with E-state index < -0.39 is 0 Å². The number of ketones is 1. The van der Waals surface area contributed by atoms with Crippen molar-refractivity contribution in [1.29, 1.82) is 0 Å². The van der Waals surface area contributed by atoms with Crippen molar-refractivity contribution in [3.63, 3.8) is 0 Å². The van der Waals surface area contributed by atoms with Gasteiger partial charge in [0.15, 0.2) is 5.78 Å². The Morgan fingerprint density at radius 3 is 2.42 bits per heavy atom. The van der Waals surface area contributed by atoms with Crippen LogP contribution < -0.4 is 0 Å². The van der Waals surface area contributed by atoms with Gasteiger partial charge in [0.2, 0.25) is 0 Å². The summed E-state index contributed by atoms with van der Waals surface area (Å²) < 4.78 is 0. The minimum atomic E-state index is 0.277. The molecule has 0 aliphatic carbocycles. The Hall–Kier alpha value is -0.760. The second-order valence-electron chi connectivity index (χ2n) is 6.14. The molecule has 0 amide bonds. The summed E-state index contributed by atoms with van der Waals surface area (Å²) in [6.45, 7) is 4.20. The minimum Gasteiger partial charge on any atom is -0.294 e. The van der Waals surface area contributed by atoms with Crippen molar-refractivity contribution in [2.45, 2.75) is 56.5 Å². The van der Waals surface area contributed by atoms with E-state index in [1.54, 1.807) is 0 Å². The van der Waals surface area contributed by atoms with Gasteiger partial charge in [-0.1, -0.05) is 18.6 Å². The molecule has 0 N–H and O–H groups in total. The highest BCUT2D eigenvalue weighted by molar-refractivity contribution is 8.00. The topological polar surface area (TPSA) is 17.1 Å². The molecule has 1 aromatic carbocycles. The summed E-state index contributed by atoms with van der Waals surface area (Å²) in [7, 11) is 0. The van der Waals surface area contributed by atoms with Gasteiger partial charge in [0.05, 0.1) is 0 Å². The molecule has 2 atom stereocenters. The molecular weight excluding hydrogens is 252 g/mol. The van der Waals surface area contributed by atoms with Crippen molar-refractivity contribution in [3.8, 4) is 0 Å². The molecule has 1 aromatic rings. The van der Waals surface area contributed by atoms with Crippen molar-refractivity contribution in [3.05, 3.63) is 34.9 Å². The molecule has 2 heterocycles. The van der Waals surface area contributed by atoms with Gasteiger partial charge < -0.3 is 0 Å². The first-order valence-corrected chi connectivity index (χ1v) is 8.34. The number of hydrogen-bond donors (Lipinski definition) is 0. The number of Topliss-reactive ketones (excluding diaryl/α,β-unsaturated/α-hetero) is 1. The molecule has 19 heavy (non-hydrogen) atoms. The molecule has 1 nitrogen and oxygen atoms in total. The Morgan fingerprint density at radius 1 is 1.11 bits per heavy atom. The van der Waals surface area contributed by atoms with Crippen molar-refractivity contribution >= 4 is 17.5 Å². The van der Waals surface area contributed by atoms with Gasteiger partial charge in [-0.2, -0.15) is 11.8 Å². The highest BCUT2D eigenvalue weighted by Gasteiger charge is 2.35. The molecule has 0 saturated carbocycles. The van der Waals surface area contributed by atoms with Crippen LogP contribution in [0.1, 0.15) is 53.6 Å². The van der Waals surface area contributed by atoms with Gasteiger partial charge in [-0.05, 0) is 56.7 Å². The van der Waals surface area contributed by atoms with Gasteiger partial charge in [0.1, 0.15) is 0 Å². The molecule has 102 valence electrons. The fourth-order valence-electron chi connectivity index (χ4n) is 3.40. The lowest BCUT2D eigenvalue weighted by Crippen LogP contribution is -2.32. The zero-order valence-electron chi connectivity index (χ0n) is 11.8. The fourth-order valence-corrected chi connectivity index (χ4v) is 5.24. The normalized spacial score (nSPS) is 30.1. The first-order valence-electron chi connectivity index (χ1n) is 7.40. The van der Waals surface area contributed by atoms with Crippen LogP contribution in [0, 0.1) is 19.8 Å². The molecule has 3 rings (SSSR count). The van der Waals surface area contributed by atoms with Crippen LogP contribution >= 0.6 is 11.8 Å². The summed E-state index contributed by atoms with van der Waals surface area (Å²) in [5, 5.41) is 1.49. The van der Waals surface area contributed by atoms with Crippen LogP contribution in [0.4, 0.5) is 0 Å². The van der Waals surface area contributed by atoms with Gasteiger partial charge in [-0.15, -0.1) is 0 Å². The van der Waals surface area contributed by atoms with Crippen LogP contribution in [-0.2, 0) is 0 Å². The minimum absolute atomic E-state index is 0.277. The lowest BCUT2D eigenvalue weighted by atomic mass is 9.84. The van der Waals surface area contributed by atoms with Crippen molar-refractivity contribution in [1.82, 2.24) is 0 Å². The second-order valence-corrected chi connectivity index (χ2v) is 7.75. The summed E-state index contributed by atoms with van der Waals surface area (Å²) in [4.78, 5) is 12.7. The van der Waals surface area contributed by atoms with E-state index in [-0.39, 0.29) is 5.92 Å². The molecule has 2 heteroatoms. The second kappa shape index (κ2) is 5.32. The quantitative estimate of drug-likeness (QED) is 0.736. The number of hydrogen-bond acceptors (Lipinski definition) is 2. The zero-order valence-corrected chi connectivity index (χ0v) is 12.6. The highest BCUT2D eigenvalue weighted by atomic mass is 32.2. The van der Waals surface area contributed by atoms with Crippen LogP contribution in [-0.4, -0.2) is 16.3 Å². The molecule has 2 saturated heterocycles. The fraction of sp³-hybridized carbons (Fsp3) is 0.588. The highest BCUT2D eigenvalue weighted by Crippen LogP contribution is 2.44. The maximum absolute atomic E-state index is 12.7. The van der Waals surface area contributed by atoms with Crippen LogP contribution in [0.25, 0.3) is 0 Å². The van der Waals surface area contributed by atoms with E-state index in [1.165, 1.54) is 30.4 Å². The Kier molecular flexibility index (Phi) is 3.70. The summed E-state index contributed by atoms with van der Waals surface area (Å²) in [5.74, 6) is 0.666. The first kappa shape index (κ1) is 13.2. The third-order valence-electron chi connectivity index (χ3n) is 4.69. The third-order valence-corrected chi connectivity index (χ3v) is 6.32. The summed E-state index contributed by atoms with van der Waals surface area (Å²) in [6, 6.07) is 6.18. The Bertz CT molecular complexity index is 482. The predicted octanol–water partition coefficient (Wildman–Crippen LogP) is 4.55. The number of benzene rings is 1. The number of aryl methyl sites for hydroxylation is 2. The molecule has 2 aliphatic heterocycles. The van der Waals surface area contributed by atoms with Gasteiger partial charge >= 0.3 is 0 Å². The van der Waals surface area contributed by atoms with Crippen LogP contribution in [0.2, 0.25) is 0 Å². The molecule has 2 aliphatic rings. The smallest absolute Gasteiger partial charge is 0.166 e. The van der Waals surface area contributed by atoms with Gasteiger partial charge in [-0.25, -0.2) is 0 Å². The molecule has 2 unspecified atom stereocenters. The van der Waals surface area contributed by atoms with E-state index in [2.05, 4.69) is 37.7 Å². The number of rotatable bonds is 2. The molecular formula is C17H22OS. The van der Waals surface area contributed by atoms with E-state index in [9.17, 15) is 4.79 Å². The molecule has 0 radical (unpaired) electrons.